The number of unbranched alkanes of at least 4 members (excludes halogenated alkanes) is 1. The van der Waals surface area contributed by atoms with Gasteiger partial charge in [-0.2, -0.15) is 0 Å². The maximum atomic E-state index is 14.6. The van der Waals surface area contributed by atoms with Crippen molar-refractivity contribution >= 4 is 62.5 Å². The molecule has 1 saturated heterocycles. The summed E-state index contributed by atoms with van der Waals surface area (Å²) in [5.41, 5.74) is 13.8. The Morgan fingerprint density at radius 3 is 2.02 bits per heavy atom. The molecule has 1 fully saturated rings. The third-order valence-corrected chi connectivity index (χ3v) is 11.5. The van der Waals surface area contributed by atoms with Gasteiger partial charge in [0.15, 0.2) is 0 Å². The van der Waals surface area contributed by atoms with Crippen molar-refractivity contribution < 1.29 is 24.0 Å². The van der Waals surface area contributed by atoms with E-state index in [2.05, 4.69) is 31.6 Å². The molecule has 5 amide bonds. The summed E-state index contributed by atoms with van der Waals surface area (Å²) >= 11 is 1.43. The molecule has 4 atom stereocenters. The van der Waals surface area contributed by atoms with Gasteiger partial charge in [0.25, 0.3) is 0 Å². The molecule has 14 heteroatoms. The van der Waals surface area contributed by atoms with Gasteiger partial charge in [0.1, 0.15) is 24.2 Å². The maximum absolute atomic E-state index is 14.6. The molecule has 0 spiro atoms. The van der Waals surface area contributed by atoms with Gasteiger partial charge >= 0.3 is 0 Å². The average Bonchev–Trinajstić information content (AvgIpc) is 3.90. The smallest absolute Gasteiger partial charge is 0.243 e. The number of para-hydroxylation sites is 1. The molecule has 300 valence electrons. The summed E-state index contributed by atoms with van der Waals surface area (Å²) in [7, 11) is 0. The van der Waals surface area contributed by atoms with Crippen molar-refractivity contribution in [1.82, 2.24) is 31.6 Å². The van der Waals surface area contributed by atoms with E-state index < -0.39 is 47.8 Å². The standard InChI is InChI=1S/C43H52N8O5S/c44-19-6-5-16-35(39(45)52)48-43(56)38(25-31-12-8-22-57-31)51-42(55)37(24-30-26-47-34-15-4-3-14-33(30)34)50-41(54)36(49-40(53)28-17-20-46-21-18-28)23-29-11-7-10-27-9-1-2-13-32(27)29/h1-4,7-15,22,26,28,35-38,46-47H,5-6,16-21,23-25,44H2,(H2,45,52)(H,48,56)(H,49,53)(H,50,54)(H,51,55)/t35-,36+,37+,38-/m0/s1. The van der Waals surface area contributed by atoms with Gasteiger partial charge in [-0.15, -0.1) is 11.3 Å². The van der Waals surface area contributed by atoms with Crippen molar-refractivity contribution in [3.8, 4) is 0 Å². The number of fused-ring (bicyclic) bond motifs is 2. The van der Waals surface area contributed by atoms with Gasteiger partial charge in [-0.1, -0.05) is 66.7 Å². The van der Waals surface area contributed by atoms with Crippen molar-refractivity contribution in [2.24, 2.45) is 17.4 Å². The van der Waals surface area contributed by atoms with Crippen LogP contribution < -0.4 is 38.1 Å². The van der Waals surface area contributed by atoms with E-state index in [4.69, 9.17) is 11.5 Å². The van der Waals surface area contributed by atoms with Crippen LogP contribution in [0.2, 0.25) is 0 Å². The number of nitrogens with one attached hydrogen (secondary N) is 6. The van der Waals surface area contributed by atoms with Crippen molar-refractivity contribution in [3.63, 3.8) is 0 Å². The van der Waals surface area contributed by atoms with Crippen LogP contribution in [0, 0.1) is 5.92 Å². The van der Waals surface area contributed by atoms with E-state index in [0.717, 1.165) is 37.7 Å². The fraction of sp³-hybridized carbons (Fsp3) is 0.372. The first-order valence-corrected chi connectivity index (χ1v) is 20.5. The van der Waals surface area contributed by atoms with E-state index in [0.29, 0.717) is 51.7 Å². The summed E-state index contributed by atoms with van der Waals surface area (Å²) in [5, 5.41) is 19.7. The van der Waals surface area contributed by atoms with Gasteiger partial charge in [-0.3, -0.25) is 24.0 Å². The first kappa shape index (κ1) is 41.1. The Labute approximate surface area is 336 Å². The number of hydrogen-bond donors (Lipinski definition) is 8. The van der Waals surface area contributed by atoms with Crippen LogP contribution in [0.15, 0.2) is 90.4 Å². The molecule has 2 aromatic heterocycles. The Balaban J connectivity index is 1.29. The molecule has 3 heterocycles. The second kappa shape index (κ2) is 20.0. The van der Waals surface area contributed by atoms with Crippen LogP contribution in [0.25, 0.3) is 21.7 Å². The molecule has 0 radical (unpaired) electrons. The lowest BCUT2D eigenvalue weighted by Gasteiger charge is -2.28. The Morgan fingerprint density at radius 1 is 0.684 bits per heavy atom. The van der Waals surface area contributed by atoms with E-state index in [-0.39, 0.29) is 31.1 Å². The Hall–Kier alpha value is -5.57. The third kappa shape index (κ3) is 11.1. The van der Waals surface area contributed by atoms with Gasteiger partial charge in [0.05, 0.1) is 0 Å². The largest absolute Gasteiger partial charge is 0.368 e. The van der Waals surface area contributed by atoms with Gasteiger partial charge in [0.2, 0.25) is 29.5 Å². The van der Waals surface area contributed by atoms with Crippen LogP contribution >= 0.6 is 11.3 Å². The minimum atomic E-state index is -1.15. The molecule has 0 unspecified atom stereocenters. The van der Waals surface area contributed by atoms with E-state index in [1.54, 1.807) is 6.20 Å². The Morgan fingerprint density at radius 2 is 1.32 bits per heavy atom. The minimum absolute atomic E-state index is 0.0845. The van der Waals surface area contributed by atoms with Crippen molar-refractivity contribution in [3.05, 3.63) is 106 Å². The summed E-state index contributed by atoms with van der Waals surface area (Å²) < 4.78 is 0. The van der Waals surface area contributed by atoms with Crippen LogP contribution in [0.3, 0.4) is 0 Å². The molecule has 6 rings (SSSR count). The number of piperidine rings is 1. The highest BCUT2D eigenvalue weighted by Crippen LogP contribution is 2.22. The van der Waals surface area contributed by atoms with Crippen molar-refractivity contribution in [2.75, 3.05) is 19.6 Å². The zero-order chi connectivity index (χ0) is 40.1. The molecule has 1 aliphatic rings. The normalized spacial score (nSPS) is 15.3. The quantitative estimate of drug-likeness (QED) is 0.0585. The lowest BCUT2D eigenvalue weighted by atomic mass is 9.94. The fourth-order valence-electron chi connectivity index (χ4n) is 7.44. The van der Waals surface area contributed by atoms with E-state index in [1.807, 2.05) is 84.2 Å². The molecular formula is C43H52N8O5S. The number of hydrogen-bond acceptors (Lipinski definition) is 8. The number of primary amides is 1. The van der Waals surface area contributed by atoms with E-state index >= 15 is 0 Å². The highest BCUT2D eigenvalue weighted by molar-refractivity contribution is 7.09. The summed E-state index contributed by atoms with van der Waals surface area (Å²) in [4.78, 5) is 73.1. The van der Waals surface area contributed by atoms with Gasteiger partial charge < -0.3 is 43.0 Å². The monoisotopic (exact) mass is 792 g/mol. The number of amides is 5. The number of carbonyl (C=O) groups is 5. The molecule has 0 aliphatic carbocycles. The number of aromatic amines is 1. The zero-order valence-electron chi connectivity index (χ0n) is 31.9. The van der Waals surface area contributed by atoms with Crippen LogP contribution in [0.1, 0.15) is 48.1 Å². The highest BCUT2D eigenvalue weighted by Gasteiger charge is 2.33. The Kier molecular flexibility index (Phi) is 14.4. The minimum Gasteiger partial charge on any atom is -0.368 e. The summed E-state index contributed by atoms with van der Waals surface area (Å²) in [6.45, 7) is 1.85. The molecule has 1 aliphatic heterocycles. The first-order valence-electron chi connectivity index (χ1n) is 19.7. The molecule has 0 bridgehead atoms. The molecule has 5 aromatic rings. The molecule has 13 nitrogen and oxygen atoms in total. The Bertz CT molecular complexity index is 2140. The van der Waals surface area contributed by atoms with Crippen LogP contribution in [-0.4, -0.2) is 78.3 Å². The summed E-state index contributed by atoms with van der Waals surface area (Å²) in [6.07, 6.45) is 5.07. The number of benzene rings is 3. The second-order valence-electron chi connectivity index (χ2n) is 14.6. The lowest BCUT2D eigenvalue weighted by molar-refractivity contribution is -0.135. The predicted molar refractivity (Wildman–Crippen MR) is 223 cm³/mol. The zero-order valence-corrected chi connectivity index (χ0v) is 32.7. The highest BCUT2D eigenvalue weighted by atomic mass is 32.1. The van der Waals surface area contributed by atoms with Gasteiger partial charge in [-0.05, 0) is 91.2 Å². The SMILES string of the molecule is NCCCC[C@H](NC(=O)[C@H](Cc1cccs1)NC(=O)[C@@H](Cc1c[nH]c2ccccc12)NC(=O)[C@@H](Cc1cccc2ccccc12)NC(=O)C1CCNCC1)C(N)=O. The van der Waals surface area contributed by atoms with Gasteiger partial charge in [0, 0.05) is 47.2 Å². The van der Waals surface area contributed by atoms with Crippen molar-refractivity contribution in [2.45, 2.75) is 75.5 Å². The molecule has 10 N–H and O–H groups in total. The first-order chi connectivity index (χ1) is 27.7. The molecule has 3 aromatic carbocycles. The maximum Gasteiger partial charge on any atom is 0.243 e. The number of H-pyrrole nitrogens is 1. The second-order valence-corrected chi connectivity index (χ2v) is 15.7. The number of rotatable bonds is 19. The molecule has 57 heavy (non-hydrogen) atoms. The van der Waals surface area contributed by atoms with Crippen LogP contribution in [0.4, 0.5) is 0 Å². The third-order valence-electron chi connectivity index (χ3n) is 10.6. The lowest BCUT2D eigenvalue weighted by Crippen LogP contribution is -2.59. The summed E-state index contributed by atoms with van der Waals surface area (Å²) in [6, 6.07) is 20.9. The molecular weight excluding hydrogens is 741 g/mol. The van der Waals surface area contributed by atoms with Crippen molar-refractivity contribution in [1.29, 1.82) is 0 Å². The number of thiophene rings is 1. The predicted octanol–water partition coefficient (Wildman–Crippen LogP) is 2.96. The summed E-state index contributed by atoms with van der Waals surface area (Å²) in [5.74, 6) is -2.85. The average molecular weight is 793 g/mol. The molecule has 0 saturated carbocycles. The topological polar surface area (TPSA) is 213 Å². The fourth-order valence-corrected chi connectivity index (χ4v) is 8.19. The number of nitrogens with two attached hydrogens (primary N) is 2. The van der Waals surface area contributed by atoms with Crippen LogP contribution in [0.5, 0.6) is 0 Å². The van der Waals surface area contributed by atoms with Crippen LogP contribution in [-0.2, 0) is 43.2 Å². The number of carbonyl (C=O) groups excluding carboxylic acids is 5. The van der Waals surface area contributed by atoms with E-state index in [9.17, 15) is 24.0 Å². The van der Waals surface area contributed by atoms with E-state index in [1.165, 1.54) is 11.3 Å². The number of aromatic nitrogens is 1. The van der Waals surface area contributed by atoms with Gasteiger partial charge in [-0.25, -0.2) is 0 Å².